The summed E-state index contributed by atoms with van der Waals surface area (Å²) in [5.41, 5.74) is 7.95. The topological polar surface area (TPSA) is 65.5 Å². The number of halogens is 1. The summed E-state index contributed by atoms with van der Waals surface area (Å²) in [7, 11) is 1.30. The van der Waals surface area contributed by atoms with Crippen LogP contribution in [0.25, 0.3) is 0 Å². The van der Waals surface area contributed by atoms with Crippen LogP contribution in [0.4, 0.5) is 0 Å². The van der Waals surface area contributed by atoms with Crippen molar-refractivity contribution in [1.29, 1.82) is 0 Å². The summed E-state index contributed by atoms with van der Waals surface area (Å²) >= 11 is 6.00. The normalized spacial score (nSPS) is 12.2. The minimum absolute atomic E-state index is 0.131. The van der Waals surface area contributed by atoms with Crippen LogP contribution in [0.1, 0.15) is 33.5 Å². The molecule has 4 nitrogen and oxygen atoms in total. The van der Waals surface area contributed by atoms with E-state index in [4.69, 9.17) is 21.8 Å². The molecule has 0 aliphatic heterocycles. The zero-order valence-electron chi connectivity index (χ0n) is 10.6. The lowest BCUT2D eigenvalue weighted by molar-refractivity contribution is 0.0562. The maximum Gasteiger partial charge on any atom is 0.373 e. The second-order valence-electron chi connectivity index (χ2n) is 4.23. The molecule has 0 bridgehead atoms. The van der Waals surface area contributed by atoms with E-state index in [-0.39, 0.29) is 5.76 Å². The minimum Gasteiger partial charge on any atom is -0.463 e. The van der Waals surface area contributed by atoms with E-state index in [1.807, 2.05) is 19.1 Å². The summed E-state index contributed by atoms with van der Waals surface area (Å²) in [6, 6.07) is 8.28. The molecule has 1 heterocycles. The van der Waals surface area contributed by atoms with Gasteiger partial charge in [0.15, 0.2) is 0 Å². The van der Waals surface area contributed by atoms with Crippen LogP contribution in [0.15, 0.2) is 34.7 Å². The fourth-order valence-corrected chi connectivity index (χ4v) is 2.14. The van der Waals surface area contributed by atoms with Crippen LogP contribution in [0.3, 0.4) is 0 Å². The second kappa shape index (κ2) is 5.47. The Balaban J connectivity index is 2.30. The van der Waals surface area contributed by atoms with Crippen molar-refractivity contribution in [3.05, 3.63) is 58.0 Å². The van der Waals surface area contributed by atoms with Crippen molar-refractivity contribution in [2.75, 3.05) is 7.11 Å². The number of carbonyl (C=O) groups is 1. The van der Waals surface area contributed by atoms with Crippen molar-refractivity contribution >= 4 is 17.6 Å². The van der Waals surface area contributed by atoms with E-state index in [0.717, 1.165) is 11.1 Å². The van der Waals surface area contributed by atoms with E-state index in [1.54, 1.807) is 18.2 Å². The van der Waals surface area contributed by atoms with Gasteiger partial charge in [0.2, 0.25) is 5.76 Å². The Morgan fingerprint density at radius 2 is 2.11 bits per heavy atom. The van der Waals surface area contributed by atoms with Crippen LogP contribution in [0, 0.1) is 6.92 Å². The highest BCUT2D eigenvalue weighted by Crippen LogP contribution is 2.25. The number of carbonyl (C=O) groups excluding carboxylic acids is 1. The van der Waals surface area contributed by atoms with E-state index in [1.165, 1.54) is 7.11 Å². The number of hydrogen-bond donors (Lipinski definition) is 1. The standard InChI is InChI=1S/C14H14ClNO3/c1-8-5-9(7-10(15)6-8)13(16)11-3-4-12(19-11)14(17)18-2/h3-7,13H,16H2,1-2H3. The molecule has 0 radical (unpaired) electrons. The molecule has 0 fully saturated rings. The van der Waals surface area contributed by atoms with Gasteiger partial charge in [-0.15, -0.1) is 0 Å². The lowest BCUT2D eigenvalue weighted by Crippen LogP contribution is -2.11. The molecule has 0 aliphatic rings. The molecule has 2 N–H and O–H groups in total. The molecule has 0 amide bonds. The van der Waals surface area contributed by atoms with Gasteiger partial charge in [-0.25, -0.2) is 4.79 Å². The molecule has 1 atom stereocenters. The molecule has 1 unspecified atom stereocenters. The first-order chi connectivity index (χ1) is 9.01. The fourth-order valence-electron chi connectivity index (χ4n) is 1.84. The third-order valence-electron chi connectivity index (χ3n) is 2.74. The van der Waals surface area contributed by atoms with Gasteiger partial charge < -0.3 is 14.9 Å². The zero-order chi connectivity index (χ0) is 14.0. The molecule has 2 rings (SSSR count). The molecule has 19 heavy (non-hydrogen) atoms. The van der Waals surface area contributed by atoms with Crippen LogP contribution in [-0.2, 0) is 4.74 Å². The third-order valence-corrected chi connectivity index (χ3v) is 2.96. The summed E-state index contributed by atoms with van der Waals surface area (Å²) in [6.45, 7) is 1.93. The number of hydrogen-bond acceptors (Lipinski definition) is 4. The average molecular weight is 280 g/mol. The van der Waals surface area contributed by atoms with E-state index in [9.17, 15) is 4.79 Å². The molecular formula is C14H14ClNO3. The summed E-state index contributed by atoms with van der Waals surface area (Å²) in [5, 5.41) is 0.616. The third kappa shape index (κ3) is 2.97. The molecule has 0 saturated heterocycles. The molecule has 5 heteroatoms. The fraction of sp³-hybridized carbons (Fsp3) is 0.214. The van der Waals surface area contributed by atoms with Crippen molar-refractivity contribution < 1.29 is 13.9 Å². The Morgan fingerprint density at radius 1 is 1.37 bits per heavy atom. The average Bonchev–Trinajstić information content (AvgIpc) is 2.85. The lowest BCUT2D eigenvalue weighted by Gasteiger charge is -2.10. The smallest absolute Gasteiger partial charge is 0.373 e. The number of methoxy groups -OCH3 is 1. The minimum atomic E-state index is -0.527. The number of furan rings is 1. The summed E-state index contributed by atoms with van der Waals surface area (Å²) in [5.74, 6) is 0.0921. The molecular weight excluding hydrogens is 266 g/mol. The molecule has 1 aromatic carbocycles. The first-order valence-electron chi connectivity index (χ1n) is 5.72. The van der Waals surface area contributed by atoms with Gasteiger partial charge in [-0.05, 0) is 42.3 Å². The monoisotopic (exact) mass is 279 g/mol. The number of rotatable bonds is 3. The maximum atomic E-state index is 11.3. The van der Waals surface area contributed by atoms with Crippen molar-refractivity contribution in [3.8, 4) is 0 Å². The maximum absolute atomic E-state index is 11.3. The van der Waals surface area contributed by atoms with Crippen LogP contribution in [-0.4, -0.2) is 13.1 Å². The van der Waals surface area contributed by atoms with Crippen molar-refractivity contribution in [2.24, 2.45) is 5.73 Å². The molecule has 0 saturated carbocycles. The largest absolute Gasteiger partial charge is 0.463 e. The Morgan fingerprint density at radius 3 is 2.74 bits per heavy atom. The van der Waals surface area contributed by atoms with Gasteiger partial charge in [-0.2, -0.15) is 0 Å². The first kappa shape index (κ1) is 13.6. The summed E-state index contributed by atoms with van der Waals surface area (Å²) in [4.78, 5) is 11.3. The lowest BCUT2D eigenvalue weighted by atomic mass is 10.0. The quantitative estimate of drug-likeness (QED) is 0.877. The first-order valence-corrected chi connectivity index (χ1v) is 6.10. The van der Waals surface area contributed by atoms with Gasteiger partial charge in [0.05, 0.1) is 13.2 Å². The van der Waals surface area contributed by atoms with Crippen molar-refractivity contribution in [2.45, 2.75) is 13.0 Å². The Hall–Kier alpha value is -1.78. The molecule has 0 spiro atoms. The van der Waals surface area contributed by atoms with Gasteiger partial charge in [-0.3, -0.25) is 0 Å². The van der Waals surface area contributed by atoms with Crippen molar-refractivity contribution in [1.82, 2.24) is 0 Å². The Bertz CT molecular complexity index is 586. The van der Waals surface area contributed by atoms with Crippen molar-refractivity contribution in [3.63, 3.8) is 0 Å². The van der Waals surface area contributed by atoms with Crippen LogP contribution in [0.5, 0.6) is 0 Å². The second-order valence-corrected chi connectivity index (χ2v) is 4.67. The Kier molecular flexibility index (Phi) is 3.93. The summed E-state index contributed by atoms with van der Waals surface area (Å²) < 4.78 is 9.97. The molecule has 1 aromatic heterocycles. The van der Waals surface area contributed by atoms with Crippen LogP contribution < -0.4 is 5.73 Å². The number of ether oxygens (including phenoxy) is 1. The predicted octanol–water partition coefficient (Wildman–Crippen LogP) is 3.08. The van der Waals surface area contributed by atoms with Gasteiger partial charge in [0.1, 0.15) is 5.76 Å². The highest BCUT2D eigenvalue weighted by molar-refractivity contribution is 6.30. The van der Waals surface area contributed by atoms with Crippen LogP contribution in [0.2, 0.25) is 5.02 Å². The van der Waals surface area contributed by atoms with E-state index in [0.29, 0.717) is 10.8 Å². The van der Waals surface area contributed by atoms with Gasteiger partial charge in [0, 0.05) is 5.02 Å². The summed E-state index contributed by atoms with van der Waals surface area (Å²) in [6.07, 6.45) is 0. The highest BCUT2D eigenvalue weighted by Gasteiger charge is 2.17. The SMILES string of the molecule is COC(=O)c1ccc(C(N)c2cc(C)cc(Cl)c2)o1. The number of benzene rings is 1. The van der Waals surface area contributed by atoms with Gasteiger partial charge >= 0.3 is 5.97 Å². The Labute approximate surface area is 116 Å². The molecule has 2 aromatic rings. The number of aryl methyl sites for hydroxylation is 1. The number of esters is 1. The van der Waals surface area contributed by atoms with E-state index in [2.05, 4.69) is 4.74 Å². The van der Waals surface area contributed by atoms with Gasteiger partial charge in [0.25, 0.3) is 0 Å². The predicted molar refractivity (Wildman–Crippen MR) is 72.3 cm³/mol. The zero-order valence-corrected chi connectivity index (χ0v) is 11.4. The van der Waals surface area contributed by atoms with E-state index < -0.39 is 12.0 Å². The van der Waals surface area contributed by atoms with Crippen LogP contribution >= 0.6 is 11.6 Å². The number of nitrogens with two attached hydrogens (primary N) is 1. The van der Waals surface area contributed by atoms with Gasteiger partial charge in [-0.1, -0.05) is 17.7 Å². The molecule has 0 aliphatic carbocycles. The van der Waals surface area contributed by atoms with E-state index >= 15 is 0 Å². The molecule has 100 valence electrons. The highest BCUT2D eigenvalue weighted by atomic mass is 35.5.